The molecule has 1 atom stereocenters. The number of allylic oxidation sites excluding steroid dienone is 1. The second-order valence-corrected chi connectivity index (χ2v) is 3.64. The predicted molar refractivity (Wildman–Crippen MR) is 54.1 cm³/mol. The van der Waals surface area contributed by atoms with E-state index in [0.29, 0.717) is 5.92 Å². The zero-order valence-electron chi connectivity index (χ0n) is 8.64. The van der Waals surface area contributed by atoms with E-state index in [2.05, 4.69) is 20.4 Å². The largest absolute Gasteiger partial charge is 0.393 e. The molecule has 0 bridgehead atoms. The standard InChI is InChI=1S/C11H22O/c1-5-10(6-2)11(12)8-7-9(3)4/h10-12H,3,5-8H2,1-2,4H3. The van der Waals surface area contributed by atoms with Crippen LogP contribution in [0.15, 0.2) is 12.2 Å². The Kier molecular flexibility index (Phi) is 6.09. The minimum absolute atomic E-state index is 0.128. The van der Waals surface area contributed by atoms with Crippen LogP contribution in [0.5, 0.6) is 0 Å². The highest BCUT2D eigenvalue weighted by Crippen LogP contribution is 2.18. The smallest absolute Gasteiger partial charge is 0.0571 e. The van der Waals surface area contributed by atoms with Gasteiger partial charge in [0.05, 0.1) is 6.10 Å². The third kappa shape index (κ3) is 4.55. The van der Waals surface area contributed by atoms with Crippen molar-refractivity contribution < 1.29 is 5.11 Å². The summed E-state index contributed by atoms with van der Waals surface area (Å²) in [5.74, 6) is 0.476. The molecule has 0 radical (unpaired) electrons. The molecule has 0 amide bonds. The van der Waals surface area contributed by atoms with E-state index in [0.717, 1.165) is 25.7 Å². The van der Waals surface area contributed by atoms with Crippen LogP contribution in [0.1, 0.15) is 46.5 Å². The van der Waals surface area contributed by atoms with Crippen molar-refractivity contribution in [1.29, 1.82) is 0 Å². The summed E-state index contributed by atoms with van der Waals surface area (Å²) < 4.78 is 0. The molecule has 0 saturated heterocycles. The number of aliphatic hydroxyl groups is 1. The van der Waals surface area contributed by atoms with E-state index in [4.69, 9.17) is 0 Å². The average molecular weight is 170 g/mol. The molecule has 0 aliphatic heterocycles. The van der Waals surface area contributed by atoms with Gasteiger partial charge in [0.25, 0.3) is 0 Å². The Hall–Kier alpha value is -0.300. The topological polar surface area (TPSA) is 20.2 Å². The zero-order chi connectivity index (χ0) is 9.56. The lowest BCUT2D eigenvalue weighted by Gasteiger charge is -2.19. The summed E-state index contributed by atoms with van der Waals surface area (Å²) >= 11 is 0. The fourth-order valence-corrected chi connectivity index (χ4v) is 1.46. The van der Waals surface area contributed by atoms with Crippen molar-refractivity contribution in [3.05, 3.63) is 12.2 Å². The van der Waals surface area contributed by atoms with Crippen LogP contribution in [0.25, 0.3) is 0 Å². The molecule has 0 rings (SSSR count). The van der Waals surface area contributed by atoms with Crippen LogP contribution in [-0.2, 0) is 0 Å². The van der Waals surface area contributed by atoms with Gasteiger partial charge in [0.15, 0.2) is 0 Å². The summed E-state index contributed by atoms with van der Waals surface area (Å²) in [6.45, 7) is 10.1. The van der Waals surface area contributed by atoms with Gasteiger partial charge in [-0.05, 0) is 25.7 Å². The first-order chi connectivity index (χ1) is 5.61. The summed E-state index contributed by atoms with van der Waals surface area (Å²) in [6.07, 6.45) is 3.86. The number of hydrogen-bond acceptors (Lipinski definition) is 1. The van der Waals surface area contributed by atoms with Crippen LogP contribution in [-0.4, -0.2) is 11.2 Å². The fourth-order valence-electron chi connectivity index (χ4n) is 1.46. The minimum Gasteiger partial charge on any atom is -0.393 e. The van der Waals surface area contributed by atoms with Crippen LogP contribution < -0.4 is 0 Å². The normalized spacial score (nSPS) is 13.4. The molecule has 0 spiro atoms. The molecule has 0 heterocycles. The average Bonchev–Trinajstić information content (AvgIpc) is 2.03. The molecule has 1 nitrogen and oxygen atoms in total. The van der Waals surface area contributed by atoms with Gasteiger partial charge in [-0.3, -0.25) is 0 Å². The highest BCUT2D eigenvalue weighted by molar-refractivity contribution is 4.88. The Morgan fingerprint density at radius 2 is 1.83 bits per heavy atom. The zero-order valence-corrected chi connectivity index (χ0v) is 8.64. The van der Waals surface area contributed by atoms with Gasteiger partial charge in [0.1, 0.15) is 0 Å². The van der Waals surface area contributed by atoms with E-state index < -0.39 is 0 Å². The summed E-state index contributed by atoms with van der Waals surface area (Å²) in [7, 11) is 0. The maximum absolute atomic E-state index is 9.72. The Morgan fingerprint density at radius 3 is 2.17 bits per heavy atom. The minimum atomic E-state index is -0.128. The molecule has 1 N–H and O–H groups in total. The van der Waals surface area contributed by atoms with Gasteiger partial charge in [-0.1, -0.05) is 32.3 Å². The summed E-state index contributed by atoms with van der Waals surface area (Å²) in [6, 6.07) is 0. The van der Waals surface area contributed by atoms with Crippen molar-refractivity contribution >= 4 is 0 Å². The van der Waals surface area contributed by atoms with Crippen molar-refractivity contribution in [1.82, 2.24) is 0 Å². The second kappa shape index (κ2) is 6.24. The molecule has 1 heteroatoms. The Labute approximate surface area is 76.5 Å². The summed E-state index contributed by atoms with van der Waals surface area (Å²) in [5.41, 5.74) is 1.17. The quantitative estimate of drug-likeness (QED) is 0.607. The molecule has 72 valence electrons. The molecule has 0 saturated carbocycles. The highest BCUT2D eigenvalue weighted by atomic mass is 16.3. The third-order valence-corrected chi connectivity index (χ3v) is 2.46. The summed E-state index contributed by atoms with van der Waals surface area (Å²) in [5, 5.41) is 9.72. The third-order valence-electron chi connectivity index (χ3n) is 2.46. The van der Waals surface area contributed by atoms with Gasteiger partial charge < -0.3 is 5.11 Å². The van der Waals surface area contributed by atoms with Gasteiger partial charge in [0.2, 0.25) is 0 Å². The van der Waals surface area contributed by atoms with E-state index >= 15 is 0 Å². The van der Waals surface area contributed by atoms with E-state index in [-0.39, 0.29) is 6.10 Å². The lowest BCUT2D eigenvalue weighted by molar-refractivity contribution is 0.0945. The molecule has 1 unspecified atom stereocenters. The van der Waals surface area contributed by atoms with Crippen molar-refractivity contribution in [2.75, 3.05) is 0 Å². The van der Waals surface area contributed by atoms with Crippen molar-refractivity contribution in [2.45, 2.75) is 52.6 Å². The van der Waals surface area contributed by atoms with E-state index in [1.54, 1.807) is 0 Å². The Balaban J connectivity index is 3.68. The monoisotopic (exact) mass is 170 g/mol. The van der Waals surface area contributed by atoms with Gasteiger partial charge in [-0.2, -0.15) is 0 Å². The molecule has 0 aromatic heterocycles. The Bertz CT molecular complexity index is 125. The first-order valence-corrected chi connectivity index (χ1v) is 4.94. The van der Waals surface area contributed by atoms with Crippen LogP contribution in [0.3, 0.4) is 0 Å². The van der Waals surface area contributed by atoms with Gasteiger partial charge in [-0.15, -0.1) is 6.58 Å². The second-order valence-electron chi connectivity index (χ2n) is 3.64. The predicted octanol–water partition coefficient (Wildman–Crippen LogP) is 3.14. The van der Waals surface area contributed by atoms with Crippen molar-refractivity contribution in [3.63, 3.8) is 0 Å². The summed E-state index contributed by atoms with van der Waals surface area (Å²) in [4.78, 5) is 0. The maximum Gasteiger partial charge on any atom is 0.0571 e. The van der Waals surface area contributed by atoms with E-state index in [1.807, 2.05) is 6.92 Å². The number of aliphatic hydroxyl groups excluding tert-OH is 1. The Morgan fingerprint density at radius 1 is 1.33 bits per heavy atom. The first-order valence-electron chi connectivity index (χ1n) is 4.94. The molecular weight excluding hydrogens is 148 g/mol. The van der Waals surface area contributed by atoms with Gasteiger partial charge in [-0.25, -0.2) is 0 Å². The number of rotatable bonds is 6. The van der Waals surface area contributed by atoms with Gasteiger partial charge in [0, 0.05) is 0 Å². The van der Waals surface area contributed by atoms with Crippen molar-refractivity contribution in [3.8, 4) is 0 Å². The highest BCUT2D eigenvalue weighted by Gasteiger charge is 2.14. The molecular formula is C11H22O. The van der Waals surface area contributed by atoms with Gasteiger partial charge >= 0.3 is 0 Å². The molecule has 0 aliphatic carbocycles. The molecule has 0 aromatic rings. The lowest BCUT2D eigenvalue weighted by atomic mass is 9.92. The SMILES string of the molecule is C=C(C)CCC(O)C(CC)CC. The van der Waals surface area contributed by atoms with Crippen LogP contribution in [0.2, 0.25) is 0 Å². The lowest BCUT2D eigenvalue weighted by Crippen LogP contribution is -2.18. The first kappa shape index (κ1) is 11.7. The maximum atomic E-state index is 9.72. The number of hydrogen-bond donors (Lipinski definition) is 1. The molecule has 12 heavy (non-hydrogen) atoms. The molecule has 0 aliphatic rings. The van der Waals surface area contributed by atoms with E-state index in [1.165, 1.54) is 5.57 Å². The van der Waals surface area contributed by atoms with Crippen LogP contribution in [0, 0.1) is 5.92 Å². The fraction of sp³-hybridized carbons (Fsp3) is 0.818. The van der Waals surface area contributed by atoms with E-state index in [9.17, 15) is 5.11 Å². The van der Waals surface area contributed by atoms with Crippen LogP contribution in [0.4, 0.5) is 0 Å². The van der Waals surface area contributed by atoms with Crippen LogP contribution >= 0.6 is 0 Å². The molecule has 0 fully saturated rings. The van der Waals surface area contributed by atoms with Crippen molar-refractivity contribution in [2.24, 2.45) is 5.92 Å². The molecule has 0 aromatic carbocycles.